The lowest BCUT2D eigenvalue weighted by atomic mass is 9.95. The predicted octanol–water partition coefficient (Wildman–Crippen LogP) is 3.21. The highest BCUT2D eigenvalue weighted by Gasteiger charge is 2.23. The maximum absolute atomic E-state index is 5.48. The molecule has 1 unspecified atom stereocenters. The van der Waals surface area contributed by atoms with Gasteiger partial charge in [-0.2, -0.15) is 11.3 Å². The summed E-state index contributed by atoms with van der Waals surface area (Å²) in [5, 5.41) is 7.83. The van der Waals surface area contributed by atoms with Gasteiger partial charge in [0.25, 0.3) is 0 Å². The van der Waals surface area contributed by atoms with Gasteiger partial charge in [0.1, 0.15) is 0 Å². The lowest BCUT2D eigenvalue weighted by Crippen LogP contribution is -2.31. The average molecular weight is 227 g/mol. The summed E-state index contributed by atoms with van der Waals surface area (Å²) in [4.78, 5) is 0. The summed E-state index contributed by atoms with van der Waals surface area (Å²) in [6.45, 7) is 7.38. The number of hydrogen-bond acceptors (Lipinski definition) is 3. The summed E-state index contributed by atoms with van der Waals surface area (Å²) in [5.74, 6) is 0. The van der Waals surface area contributed by atoms with E-state index in [-0.39, 0.29) is 5.60 Å². The summed E-state index contributed by atoms with van der Waals surface area (Å²) in [6.07, 6.45) is 0.994. The summed E-state index contributed by atoms with van der Waals surface area (Å²) in [6, 6.07) is 2.58. The van der Waals surface area contributed by atoms with Crippen LogP contribution < -0.4 is 5.32 Å². The highest BCUT2D eigenvalue weighted by atomic mass is 32.1. The van der Waals surface area contributed by atoms with Gasteiger partial charge in [-0.3, -0.25) is 0 Å². The molecule has 0 radical (unpaired) electrons. The molecule has 86 valence electrons. The van der Waals surface area contributed by atoms with Gasteiger partial charge in [-0.25, -0.2) is 0 Å². The van der Waals surface area contributed by atoms with Crippen molar-refractivity contribution in [3.8, 4) is 0 Å². The predicted molar refractivity (Wildman–Crippen MR) is 66.4 cm³/mol. The second kappa shape index (κ2) is 5.64. The van der Waals surface area contributed by atoms with Gasteiger partial charge >= 0.3 is 0 Å². The first-order valence-electron chi connectivity index (χ1n) is 5.39. The molecule has 1 atom stereocenters. The van der Waals surface area contributed by atoms with Crippen LogP contribution in [0, 0.1) is 0 Å². The van der Waals surface area contributed by atoms with Crippen LogP contribution in [0.5, 0.6) is 0 Å². The van der Waals surface area contributed by atoms with Gasteiger partial charge in [-0.15, -0.1) is 0 Å². The minimum atomic E-state index is -0.0746. The van der Waals surface area contributed by atoms with Crippen molar-refractivity contribution in [3.05, 3.63) is 22.4 Å². The molecule has 3 heteroatoms. The number of rotatable bonds is 6. The largest absolute Gasteiger partial charge is 0.379 e. The Labute approximate surface area is 96.7 Å². The molecule has 1 aromatic heterocycles. The molecule has 1 heterocycles. The fourth-order valence-electron chi connectivity index (χ4n) is 1.60. The molecule has 0 saturated carbocycles. The van der Waals surface area contributed by atoms with Crippen LogP contribution in [-0.4, -0.2) is 19.3 Å². The van der Waals surface area contributed by atoms with E-state index in [4.69, 9.17) is 4.74 Å². The second-order valence-electron chi connectivity index (χ2n) is 4.33. The van der Waals surface area contributed by atoms with Crippen molar-refractivity contribution in [1.29, 1.82) is 0 Å². The first-order chi connectivity index (χ1) is 7.09. The quantitative estimate of drug-likeness (QED) is 0.805. The molecule has 1 aromatic rings. The molecule has 0 aliphatic heterocycles. The summed E-state index contributed by atoms with van der Waals surface area (Å²) in [7, 11) is 1.77. The van der Waals surface area contributed by atoms with Crippen molar-refractivity contribution < 1.29 is 4.74 Å². The molecule has 0 aliphatic carbocycles. The molecule has 0 aromatic carbocycles. The first kappa shape index (κ1) is 12.7. The van der Waals surface area contributed by atoms with Crippen LogP contribution >= 0.6 is 11.3 Å². The van der Waals surface area contributed by atoms with Crippen LogP contribution in [0.4, 0.5) is 0 Å². The SMILES string of the molecule is CCNC(CC(C)(C)OC)c1ccsc1. The molecule has 0 bridgehead atoms. The zero-order valence-corrected chi connectivity index (χ0v) is 10.9. The van der Waals surface area contributed by atoms with Gasteiger partial charge < -0.3 is 10.1 Å². The average Bonchev–Trinajstić information content (AvgIpc) is 2.70. The molecule has 0 aliphatic rings. The smallest absolute Gasteiger partial charge is 0.0640 e. The zero-order valence-electron chi connectivity index (χ0n) is 10.0. The van der Waals surface area contributed by atoms with E-state index in [1.807, 2.05) is 0 Å². The van der Waals surface area contributed by atoms with E-state index in [2.05, 4.69) is 42.9 Å². The van der Waals surface area contributed by atoms with Crippen LogP contribution in [0.1, 0.15) is 38.8 Å². The fraction of sp³-hybridized carbons (Fsp3) is 0.667. The Kier molecular flexibility index (Phi) is 4.77. The molecule has 0 fully saturated rings. The number of ether oxygens (including phenoxy) is 1. The van der Waals surface area contributed by atoms with E-state index < -0.39 is 0 Å². The highest BCUT2D eigenvalue weighted by molar-refractivity contribution is 7.07. The van der Waals surface area contributed by atoms with Crippen LogP contribution in [0.2, 0.25) is 0 Å². The van der Waals surface area contributed by atoms with Crippen molar-refractivity contribution in [2.75, 3.05) is 13.7 Å². The van der Waals surface area contributed by atoms with Crippen molar-refractivity contribution in [1.82, 2.24) is 5.32 Å². The van der Waals surface area contributed by atoms with E-state index in [0.29, 0.717) is 6.04 Å². The number of thiophene rings is 1. The van der Waals surface area contributed by atoms with Crippen LogP contribution in [0.15, 0.2) is 16.8 Å². The van der Waals surface area contributed by atoms with E-state index in [1.165, 1.54) is 5.56 Å². The fourth-order valence-corrected chi connectivity index (χ4v) is 2.32. The van der Waals surface area contributed by atoms with E-state index in [1.54, 1.807) is 18.4 Å². The highest BCUT2D eigenvalue weighted by Crippen LogP contribution is 2.27. The Balaban J connectivity index is 2.67. The van der Waals surface area contributed by atoms with Crippen molar-refractivity contribution in [2.45, 2.75) is 38.8 Å². The van der Waals surface area contributed by atoms with Gasteiger partial charge in [-0.1, -0.05) is 6.92 Å². The normalized spacial score (nSPS) is 14.1. The Morgan fingerprint density at radius 2 is 2.27 bits per heavy atom. The summed E-state index contributed by atoms with van der Waals surface area (Å²) < 4.78 is 5.48. The first-order valence-corrected chi connectivity index (χ1v) is 6.34. The van der Waals surface area contributed by atoms with Gasteiger partial charge in [0.05, 0.1) is 5.60 Å². The van der Waals surface area contributed by atoms with Crippen LogP contribution in [0.25, 0.3) is 0 Å². The van der Waals surface area contributed by atoms with Gasteiger partial charge in [0, 0.05) is 13.2 Å². The number of hydrogen-bond donors (Lipinski definition) is 1. The third-order valence-electron chi connectivity index (χ3n) is 2.64. The molecule has 1 rings (SSSR count). The Morgan fingerprint density at radius 1 is 1.53 bits per heavy atom. The Morgan fingerprint density at radius 3 is 2.73 bits per heavy atom. The molecule has 0 saturated heterocycles. The maximum atomic E-state index is 5.48. The minimum absolute atomic E-state index is 0.0746. The molecular weight excluding hydrogens is 206 g/mol. The second-order valence-corrected chi connectivity index (χ2v) is 5.11. The molecule has 1 N–H and O–H groups in total. The van der Waals surface area contributed by atoms with E-state index >= 15 is 0 Å². The Bertz CT molecular complexity index is 269. The third kappa shape index (κ3) is 3.93. The summed E-state index contributed by atoms with van der Waals surface area (Å²) >= 11 is 1.75. The molecule has 0 spiro atoms. The standard InChI is InChI=1S/C12H21NOS/c1-5-13-11(8-12(2,3)14-4)10-6-7-15-9-10/h6-7,9,11,13H,5,8H2,1-4H3. The van der Waals surface area contributed by atoms with Crippen LogP contribution in [-0.2, 0) is 4.74 Å². The zero-order chi connectivity index (χ0) is 11.3. The molecule has 0 amide bonds. The number of nitrogens with one attached hydrogen (secondary N) is 1. The van der Waals surface area contributed by atoms with E-state index in [9.17, 15) is 0 Å². The topological polar surface area (TPSA) is 21.3 Å². The van der Waals surface area contributed by atoms with Crippen molar-refractivity contribution in [2.24, 2.45) is 0 Å². The Hall–Kier alpha value is -0.380. The molecular formula is C12H21NOS. The lowest BCUT2D eigenvalue weighted by molar-refractivity contribution is 0.00700. The van der Waals surface area contributed by atoms with Crippen molar-refractivity contribution >= 4 is 11.3 Å². The monoisotopic (exact) mass is 227 g/mol. The number of methoxy groups -OCH3 is 1. The van der Waals surface area contributed by atoms with Gasteiger partial charge in [0.15, 0.2) is 0 Å². The lowest BCUT2D eigenvalue weighted by Gasteiger charge is -2.28. The summed E-state index contributed by atoms with van der Waals surface area (Å²) in [5.41, 5.74) is 1.29. The van der Waals surface area contributed by atoms with Gasteiger partial charge in [0.2, 0.25) is 0 Å². The minimum Gasteiger partial charge on any atom is -0.379 e. The van der Waals surface area contributed by atoms with Gasteiger partial charge in [-0.05, 0) is 49.2 Å². The maximum Gasteiger partial charge on any atom is 0.0640 e. The van der Waals surface area contributed by atoms with E-state index in [0.717, 1.165) is 13.0 Å². The van der Waals surface area contributed by atoms with Crippen molar-refractivity contribution in [3.63, 3.8) is 0 Å². The molecule has 15 heavy (non-hydrogen) atoms. The third-order valence-corrected chi connectivity index (χ3v) is 3.35. The molecule has 2 nitrogen and oxygen atoms in total. The van der Waals surface area contributed by atoms with Crippen LogP contribution in [0.3, 0.4) is 0 Å².